The van der Waals surface area contributed by atoms with Crippen LogP contribution in [0.15, 0.2) is 12.3 Å². The molecular formula is C8H12FN3O2. The fourth-order valence-corrected chi connectivity index (χ4v) is 1.04. The van der Waals surface area contributed by atoms with Crippen LogP contribution in [0.3, 0.4) is 0 Å². The van der Waals surface area contributed by atoms with E-state index in [0.717, 1.165) is 12.3 Å². The average Bonchev–Trinajstić information content (AvgIpc) is 2.19. The zero-order chi connectivity index (χ0) is 10.7. The highest BCUT2D eigenvalue weighted by Crippen LogP contribution is 2.21. The summed E-state index contributed by atoms with van der Waals surface area (Å²) in [6.45, 7) is -0.142. The van der Waals surface area contributed by atoms with E-state index in [0.29, 0.717) is 0 Å². The minimum Gasteiger partial charge on any atom is -0.389 e. The molecule has 0 bridgehead atoms. The third-order valence-electron chi connectivity index (χ3n) is 1.84. The predicted molar refractivity (Wildman–Crippen MR) is 48.6 cm³/mol. The van der Waals surface area contributed by atoms with Gasteiger partial charge in [0.15, 0.2) is 0 Å². The van der Waals surface area contributed by atoms with E-state index in [9.17, 15) is 14.6 Å². The van der Waals surface area contributed by atoms with Gasteiger partial charge in [-0.25, -0.2) is 9.37 Å². The van der Waals surface area contributed by atoms with E-state index in [1.807, 2.05) is 0 Å². The first-order valence-electron chi connectivity index (χ1n) is 4.03. The first kappa shape index (κ1) is 10.8. The lowest BCUT2D eigenvalue weighted by atomic mass is 10.1. The van der Waals surface area contributed by atoms with Gasteiger partial charge in [-0.3, -0.25) is 0 Å². The highest BCUT2D eigenvalue weighted by atomic mass is 19.1. The highest BCUT2D eigenvalue weighted by molar-refractivity contribution is 5.40. The van der Waals surface area contributed by atoms with Gasteiger partial charge in [-0.2, -0.15) is 0 Å². The number of pyridine rings is 1. The van der Waals surface area contributed by atoms with Gasteiger partial charge in [0.1, 0.15) is 17.7 Å². The molecule has 0 aromatic carbocycles. The minimum atomic E-state index is -1.32. The zero-order valence-electron chi connectivity index (χ0n) is 7.39. The summed E-state index contributed by atoms with van der Waals surface area (Å²) in [5.41, 5.74) is 10.6. The summed E-state index contributed by atoms with van der Waals surface area (Å²) in [5.74, 6) is -0.649. The second-order valence-corrected chi connectivity index (χ2v) is 2.88. The first-order chi connectivity index (χ1) is 6.56. The molecule has 6 N–H and O–H groups in total. The van der Waals surface area contributed by atoms with Crippen LogP contribution in [-0.4, -0.2) is 27.8 Å². The van der Waals surface area contributed by atoms with Gasteiger partial charge in [-0.15, -0.1) is 0 Å². The summed E-state index contributed by atoms with van der Waals surface area (Å²) in [5, 5.41) is 18.7. The quantitative estimate of drug-likeness (QED) is 0.510. The van der Waals surface area contributed by atoms with Crippen molar-refractivity contribution in [2.45, 2.75) is 12.2 Å². The maximum absolute atomic E-state index is 12.7. The van der Waals surface area contributed by atoms with Crippen LogP contribution in [0.5, 0.6) is 0 Å². The Morgan fingerprint density at radius 1 is 1.50 bits per heavy atom. The van der Waals surface area contributed by atoms with Crippen LogP contribution in [-0.2, 0) is 0 Å². The largest absolute Gasteiger partial charge is 0.389 e. The van der Waals surface area contributed by atoms with Gasteiger partial charge in [-0.1, -0.05) is 0 Å². The Labute approximate surface area is 80.2 Å². The molecule has 1 rings (SSSR count). The van der Waals surface area contributed by atoms with Crippen molar-refractivity contribution in [3.05, 3.63) is 23.6 Å². The Morgan fingerprint density at radius 3 is 2.71 bits per heavy atom. The predicted octanol–water partition coefficient (Wildman–Crippen LogP) is -0.844. The van der Waals surface area contributed by atoms with Gasteiger partial charge in [0.25, 0.3) is 0 Å². The van der Waals surface area contributed by atoms with Crippen LogP contribution in [0.25, 0.3) is 0 Å². The van der Waals surface area contributed by atoms with Crippen molar-refractivity contribution in [2.24, 2.45) is 5.73 Å². The number of rotatable bonds is 3. The summed E-state index contributed by atoms with van der Waals surface area (Å²) in [6.07, 6.45) is -1.57. The third kappa shape index (κ3) is 2.16. The lowest BCUT2D eigenvalue weighted by Crippen LogP contribution is -2.28. The molecule has 0 saturated heterocycles. The number of anilines is 1. The number of halogens is 1. The fraction of sp³-hybridized carbons (Fsp3) is 0.375. The topological polar surface area (TPSA) is 105 Å². The van der Waals surface area contributed by atoms with Crippen LogP contribution in [0.2, 0.25) is 0 Å². The van der Waals surface area contributed by atoms with E-state index < -0.39 is 18.0 Å². The minimum absolute atomic E-state index is 0.0219. The molecule has 0 aliphatic rings. The SMILES string of the molecule is NCC(O)C(O)c1cc(F)cnc1N. The van der Waals surface area contributed by atoms with Crippen molar-refractivity contribution in [2.75, 3.05) is 12.3 Å². The molecule has 0 aliphatic heterocycles. The molecule has 2 unspecified atom stereocenters. The summed E-state index contributed by atoms with van der Waals surface area (Å²) in [4.78, 5) is 3.51. The molecule has 0 spiro atoms. The van der Waals surface area contributed by atoms with Crippen LogP contribution >= 0.6 is 0 Å². The summed E-state index contributed by atoms with van der Waals surface area (Å²) in [6, 6.07) is 1.02. The Hall–Kier alpha value is -1.24. The number of nitrogen functional groups attached to an aromatic ring is 1. The molecule has 14 heavy (non-hydrogen) atoms. The molecule has 0 fully saturated rings. The van der Waals surface area contributed by atoms with Crippen molar-refractivity contribution < 1.29 is 14.6 Å². The number of hydrogen-bond acceptors (Lipinski definition) is 5. The molecule has 0 radical (unpaired) electrons. The molecule has 2 atom stereocenters. The normalized spacial score (nSPS) is 15.1. The van der Waals surface area contributed by atoms with E-state index in [1.165, 1.54) is 0 Å². The Kier molecular flexibility index (Phi) is 3.34. The number of aliphatic hydroxyl groups is 2. The van der Waals surface area contributed by atoms with Gasteiger partial charge in [0.2, 0.25) is 0 Å². The number of aromatic nitrogens is 1. The molecular weight excluding hydrogens is 189 g/mol. The molecule has 1 aromatic heterocycles. The molecule has 1 aromatic rings. The summed E-state index contributed by atoms with van der Waals surface area (Å²) >= 11 is 0. The Bertz CT molecular complexity index is 321. The van der Waals surface area contributed by atoms with Gasteiger partial charge in [0.05, 0.1) is 12.3 Å². The van der Waals surface area contributed by atoms with Gasteiger partial charge >= 0.3 is 0 Å². The van der Waals surface area contributed by atoms with Gasteiger partial charge in [-0.05, 0) is 6.07 Å². The van der Waals surface area contributed by atoms with Crippen molar-refractivity contribution in [1.29, 1.82) is 0 Å². The highest BCUT2D eigenvalue weighted by Gasteiger charge is 2.20. The summed E-state index contributed by atoms with van der Waals surface area (Å²) in [7, 11) is 0. The van der Waals surface area contributed by atoms with Crippen molar-refractivity contribution >= 4 is 5.82 Å². The molecule has 78 valence electrons. The average molecular weight is 201 g/mol. The van der Waals surface area contributed by atoms with E-state index in [2.05, 4.69) is 4.98 Å². The third-order valence-corrected chi connectivity index (χ3v) is 1.84. The maximum atomic E-state index is 12.7. The number of nitrogens with zero attached hydrogens (tertiary/aromatic N) is 1. The molecule has 0 amide bonds. The van der Waals surface area contributed by atoms with Crippen LogP contribution < -0.4 is 11.5 Å². The fourth-order valence-electron chi connectivity index (χ4n) is 1.04. The van der Waals surface area contributed by atoms with Crippen LogP contribution in [0.4, 0.5) is 10.2 Å². The molecule has 0 saturated carbocycles. The monoisotopic (exact) mass is 201 g/mol. The standard InChI is InChI=1S/C8H12FN3O2/c9-4-1-5(8(11)12-3-4)7(14)6(13)2-10/h1,3,6-7,13-14H,2,10H2,(H2,11,12). The lowest BCUT2D eigenvalue weighted by Gasteiger charge is -2.17. The number of nitrogens with two attached hydrogens (primary N) is 2. The smallest absolute Gasteiger partial charge is 0.142 e. The van der Waals surface area contributed by atoms with E-state index >= 15 is 0 Å². The second kappa shape index (κ2) is 4.32. The number of hydrogen-bond donors (Lipinski definition) is 4. The Balaban J connectivity index is 2.99. The van der Waals surface area contributed by atoms with Crippen LogP contribution in [0.1, 0.15) is 11.7 Å². The Morgan fingerprint density at radius 2 is 2.14 bits per heavy atom. The molecule has 5 nitrogen and oxygen atoms in total. The lowest BCUT2D eigenvalue weighted by molar-refractivity contribution is 0.0244. The van der Waals surface area contributed by atoms with Gasteiger partial charge < -0.3 is 21.7 Å². The zero-order valence-corrected chi connectivity index (χ0v) is 7.39. The van der Waals surface area contributed by atoms with E-state index in [-0.39, 0.29) is 17.9 Å². The van der Waals surface area contributed by atoms with Crippen molar-refractivity contribution in [3.63, 3.8) is 0 Å². The molecule has 6 heteroatoms. The van der Waals surface area contributed by atoms with E-state index in [1.54, 1.807) is 0 Å². The maximum Gasteiger partial charge on any atom is 0.142 e. The van der Waals surface area contributed by atoms with Crippen molar-refractivity contribution in [1.82, 2.24) is 4.98 Å². The molecule has 1 heterocycles. The van der Waals surface area contributed by atoms with Crippen LogP contribution in [0, 0.1) is 5.82 Å². The summed E-state index contributed by atoms with van der Waals surface area (Å²) < 4.78 is 12.7. The first-order valence-corrected chi connectivity index (χ1v) is 4.03. The van der Waals surface area contributed by atoms with E-state index in [4.69, 9.17) is 11.5 Å². The second-order valence-electron chi connectivity index (χ2n) is 2.88. The molecule has 0 aliphatic carbocycles. The number of aliphatic hydroxyl groups excluding tert-OH is 2. The van der Waals surface area contributed by atoms with Gasteiger partial charge in [0, 0.05) is 12.1 Å². The van der Waals surface area contributed by atoms with Crippen molar-refractivity contribution in [3.8, 4) is 0 Å².